The van der Waals surface area contributed by atoms with E-state index in [9.17, 15) is 24.6 Å². The van der Waals surface area contributed by atoms with Crippen molar-refractivity contribution in [1.29, 1.82) is 0 Å². The van der Waals surface area contributed by atoms with Gasteiger partial charge < -0.3 is 29.2 Å². The minimum Gasteiger partial charge on any atom is -0.469 e. The molecule has 208 valence electrons. The summed E-state index contributed by atoms with van der Waals surface area (Å²) in [5, 5.41) is 21.5. The van der Waals surface area contributed by atoms with Crippen molar-refractivity contribution < 1.29 is 43.5 Å². The first-order valence-corrected chi connectivity index (χ1v) is 13.4. The summed E-state index contributed by atoms with van der Waals surface area (Å²) >= 11 is 0. The minimum absolute atomic E-state index is 0.122. The van der Waals surface area contributed by atoms with E-state index < -0.39 is 47.1 Å². The van der Waals surface area contributed by atoms with Gasteiger partial charge in [-0.3, -0.25) is 14.5 Å². The molecule has 4 atom stereocenters. The minimum atomic E-state index is -2.19. The van der Waals surface area contributed by atoms with Crippen LogP contribution < -0.4 is 9.47 Å². The second-order valence-electron chi connectivity index (χ2n) is 11.7. The van der Waals surface area contributed by atoms with E-state index in [-0.39, 0.29) is 31.8 Å². The molecule has 1 saturated heterocycles. The molecule has 0 bridgehead atoms. The molecule has 1 spiro atoms. The zero-order valence-corrected chi connectivity index (χ0v) is 22.3. The van der Waals surface area contributed by atoms with Crippen LogP contribution in [-0.2, 0) is 30.3 Å². The third kappa shape index (κ3) is 4.78. The molecule has 0 amide bonds. The first kappa shape index (κ1) is 26.9. The van der Waals surface area contributed by atoms with Crippen LogP contribution in [0.2, 0.25) is 0 Å². The van der Waals surface area contributed by atoms with Crippen LogP contribution in [0.1, 0.15) is 75.8 Å². The summed E-state index contributed by atoms with van der Waals surface area (Å²) in [6.45, 7) is 5.02. The van der Waals surface area contributed by atoms with Crippen molar-refractivity contribution in [3.05, 3.63) is 23.3 Å². The van der Waals surface area contributed by atoms with E-state index in [4.69, 9.17) is 18.9 Å². The van der Waals surface area contributed by atoms with E-state index in [1.165, 1.54) is 7.11 Å². The number of ketones is 1. The number of nitrogens with zero attached hydrogens (tertiary/aromatic N) is 1. The van der Waals surface area contributed by atoms with E-state index in [2.05, 4.69) is 4.90 Å². The number of carbonyl (C=O) groups excluding carboxylic acids is 3. The molecule has 0 aromatic heterocycles. The topological polar surface area (TPSA) is 132 Å². The molecule has 2 fully saturated rings. The number of carbonyl (C=O) groups is 3. The predicted octanol–water partition coefficient (Wildman–Crippen LogP) is 2.01. The van der Waals surface area contributed by atoms with Crippen molar-refractivity contribution >= 4 is 17.7 Å². The zero-order valence-electron chi connectivity index (χ0n) is 22.3. The van der Waals surface area contributed by atoms with E-state index >= 15 is 0 Å². The molecule has 4 aliphatic rings. The van der Waals surface area contributed by atoms with Crippen LogP contribution in [0.3, 0.4) is 0 Å². The van der Waals surface area contributed by atoms with Gasteiger partial charge in [0.25, 0.3) is 0 Å². The number of fused-ring (bicyclic) bond motifs is 3. The molecule has 1 aromatic carbocycles. The van der Waals surface area contributed by atoms with Crippen LogP contribution in [-0.4, -0.2) is 82.7 Å². The fourth-order valence-electron chi connectivity index (χ4n) is 6.78. The molecule has 10 heteroatoms. The lowest BCUT2D eigenvalue weighted by molar-refractivity contribution is -0.179. The van der Waals surface area contributed by atoms with Crippen LogP contribution in [0.4, 0.5) is 0 Å². The molecular formula is C28H37NO9. The number of methoxy groups -OCH3 is 1. The van der Waals surface area contributed by atoms with Crippen molar-refractivity contribution in [2.45, 2.75) is 94.0 Å². The highest BCUT2D eigenvalue weighted by molar-refractivity contribution is 5.93. The van der Waals surface area contributed by atoms with Gasteiger partial charge in [-0.2, -0.15) is 0 Å². The summed E-state index contributed by atoms with van der Waals surface area (Å²) < 4.78 is 21.9. The van der Waals surface area contributed by atoms with Gasteiger partial charge in [-0.1, -0.05) is 0 Å². The zero-order chi connectivity index (χ0) is 27.3. The molecule has 38 heavy (non-hydrogen) atoms. The molecule has 1 aromatic rings. The predicted molar refractivity (Wildman–Crippen MR) is 134 cm³/mol. The van der Waals surface area contributed by atoms with Crippen LogP contribution in [0.5, 0.6) is 11.5 Å². The second kappa shape index (κ2) is 9.81. The number of Topliss-reactive ketones (excluding diaryl/α,β-unsaturated/α-hetero) is 1. The highest BCUT2D eigenvalue weighted by Gasteiger charge is 2.61. The molecule has 0 radical (unpaired) electrons. The van der Waals surface area contributed by atoms with Gasteiger partial charge in [0.15, 0.2) is 29.0 Å². The fourth-order valence-corrected chi connectivity index (χ4v) is 6.78. The number of rotatable bonds is 8. The van der Waals surface area contributed by atoms with Gasteiger partial charge in [-0.05, 0) is 82.2 Å². The standard InChI is InChI=1S/C28H37NO9/c1-26(2,33)7-4-9-28(34,15-22(31)35-3)25(32)38-24-19(30)14-27-8-5-10-29(27)11-6-17-12-20-21(37-16-36-20)13-18(17)23(24)27/h12-13,23-24,33-34H,4-11,14-16H2,1-3H3/t23-,24-,27+,28-/m1/s1. The molecule has 3 heterocycles. The van der Waals surface area contributed by atoms with E-state index in [0.29, 0.717) is 17.9 Å². The van der Waals surface area contributed by atoms with E-state index in [0.717, 1.165) is 43.5 Å². The Hall–Kier alpha value is -2.69. The molecule has 3 aliphatic heterocycles. The van der Waals surface area contributed by atoms with Crippen LogP contribution in [0, 0.1) is 0 Å². The quantitative estimate of drug-likeness (QED) is 0.480. The van der Waals surface area contributed by atoms with Crippen LogP contribution in [0.25, 0.3) is 0 Å². The molecule has 2 N–H and O–H groups in total. The maximum absolute atomic E-state index is 13.6. The molecule has 1 aliphatic carbocycles. The third-order valence-electron chi connectivity index (χ3n) is 8.62. The number of esters is 2. The highest BCUT2D eigenvalue weighted by Crippen LogP contribution is 2.55. The number of benzene rings is 1. The SMILES string of the molecule is COC(=O)C[C@](O)(CCCC(C)(C)O)C(=O)O[C@@H]1C(=O)C[C@]23CCCN2CCc2cc4c(cc2[C@H]13)OCO4. The summed E-state index contributed by atoms with van der Waals surface area (Å²) in [5.74, 6) is -1.16. The Morgan fingerprint density at radius 2 is 1.89 bits per heavy atom. The molecule has 10 nitrogen and oxygen atoms in total. The summed E-state index contributed by atoms with van der Waals surface area (Å²) in [4.78, 5) is 41.6. The average molecular weight is 532 g/mol. The molecular weight excluding hydrogens is 494 g/mol. The number of hydrogen-bond donors (Lipinski definition) is 2. The van der Waals surface area contributed by atoms with Crippen LogP contribution in [0.15, 0.2) is 12.1 Å². The molecule has 1 saturated carbocycles. The molecule has 5 rings (SSSR count). The van der Waals surface area contributed by atoms with Gasteiger partial charge in [0.2, 0.25) is 6.79 Å². The molecule has 0 unspecified atom stereocenters. The van der Waals surface area contributed by atoms with Gasteiger partial charge in [0, 0.05) is 24.4 Å². The number of aliphatic hydroxyl groups is 2. The Balaban J connectivity index is 1.48. The normalized spacial score (nSPS) is 27.7. The van der Waals surface area contributed by atoms with Crippen LogP contribution >= 0.6 is 0 Å². The monoisotopic (exact) mass is 531 g/mol. The smallest absolute Gasteiger partial charge is 0.339 e. The van der Waals surface area contributed by atoms with Crippen molar-refractivity contribution in [3.8, 4) is 11.5 Å². The Morgan fingerprint density at radius 3 is 2.61 bits per heavy atom. The van der Waals surface area contributed by atoms with Crippen molar-refractivity contribution in [2.75, 3.05) is 27.0 Å². The van der Waals surface area contributed by atoms with E-state index in [1.807, 2.05) is 12.1 Å². The Labute approximate surface area is 222 Å². The highest BCUT2D eigenvalue weighted by atomic mass is 16.7. The lowest BCUT2D eigenvalue weighted by Crippen LogP contribution is -2.49. The average Bonchev–Trinajstić information content (AvgIpc) is 3.52. The summed E-state index contributed by atoms with van der Waals surface area (Å²) in [7, 11) is 1.18. The Bertz CT molecular complexity index is 1130. The van der Waals surface area contributed by atoms with Gasteiger partial charge >= 0.3 is 11.9 Å². The van der Waals surface area contributed by atoms with E-state index in [1.54, 1.807) is 13.8 Å². The lowest BCUT2D eigenvalue weighted by atomic mass is 9.78. The van der Waals surface area contributed by atoms with Crippen molar-refractivity contribution in [3.63, 3.8) is 0 Å². The Kier molecular flexibility index (Phi) is 6.94. The van der Waals surface area contributed by atoms with Gasteiger partial charge in [0.1, 0.15) is 0 Å². The third-order valence-corrected chi connectivity index (χ3v) is 8.62. The number of hydrogen-bond acceptors (Lipinski definition) is 10. The van der Waals surface area contributed by atoms with Gasteiger partial charge in [-0.15, -0.1) is 0 Å². The first-order chi connectivity index (χ1) is 18.0. The summed E-state index contributed by atoms with van der Waals surface area (Å²) in [5.41, 5.74) is -1.75. The summed E-state index contributed by atoms with van der Waals surface area (Å²) in [6.07, 6.45) is 1.47. The first-order valence-electron chi connectivity index (χ1n) is 13.4. The van der Waals surface area contributed by atoms with Crippen molar-refractivity contribution in [1.82, 2.24) is 4.90 Å². The second-order valence-corrected chi connectivity index (χ2v) is 11.7. The maximum atomic E-state index is 13.6. The fraction of sp³-hybridized carbons (Fsp3) is 0.679. The van der Waals surface area contributed by atoms with Gasteiger partial charge in [-0.25, -0.2) is 4.79 Å². The maximum Gasteiger partial charge on any atom is 0.339 e. The summed E-state index contributed by atoms with van der Waals surface area (Å²) in [6, 6.07) is 3.87. The number of ether oxygens (including phenoxy) is 4. The largest absolute Gasteiger partial charge is 0.469 e. The lowest BCUT2D eigenvalue weighted by Gasteiger charge is -2.39. The Morgan fingerprint density at radius 1 is 1.16 bits per heavy atom. The van der Waals surface area contributed by atoms with Crippen molar-refractivity contribution in [2.24, 2.45) is 0 Å². The van der Waals surface area contributed by atoms with Gasteiger partial charge in [0.05, 0.1) is 19.1 Å².